The molecule has 2 nitrogen and oxygen atoms in total. The van der Waals surface area contributed by atoms with Crippen LogP contribution in [0.3, 0.4) is 0 Å². The molecule has 1 heterocycles. The summed E-state index contributed by atoms with van der Waals surface area (Å²) in [4.78, 5) is 2.25. The topological polar surface area (TPSA) is 12.5 Å². The van der Waals surface area contributed by atoms with Gasteiger partial charge in [0.2, 0.25) is 0 Å². The van der Waals surface area contributed by atoms with Gasteiger partial charge in [-0.1, -0.05) is 13.8 Å². The van der Waals surface area contributed by atoms with Crippen LogP contribution in [-0.2, 0) is 4.74 Å². The van der Waals surface area contributed by atoms with E-state index in [1.807, 2.05) is 0 Å². The number of ether oxygens (including phenoxy) is 1. The number of nitrogens with zero attached hydrogens (tertiary/aromatic N) is 1. The van der Waals surface area contributed by atoms with Gasteiger partial charge in [-0.25, -0.2) is 0 Å². The minimum Gasteiger partial charge on any atom is -0.381 e. The van der Waals surface area contributed by atoms with Crippen LogP contribution in [-0.4, -0.2) is 38.8 Å². The smallest absolute Gasteiger partial charge is 0.0532 e. The van der Waals surface area contributed by atoms with Gasteiger partial charge in [0.05, 0.1) is 6.61 Å². The fraction of sp³-hybridized carbons (Fsp3) is 1.00. The zero-order chi connectivity index (χ0) is 9.19. The third-order valence-corrected chi connectivity index (χ3v) is 2.39. The molecule has 0 aliphatic carbocycles. The predicted octanol–water partition coefficient (Wildman–Crippen LogP) is 1.61. The van der Waals surface area contributed by atoms with Gasteiger partial charge in [0.25, 0.3) is 0 Å². The summed E-state index contributed by atoms with van der Waals surface area (Å²) in [5.74, 6) is 0.726. The van der Waals surface area contributed by atoms with Crippen molar-refractivity contribution in [1.29, 1.82) is 0 Å². The van der Waals surface area contributed by atoms with Crippen molar-refractivity contribution in [3.05, 3.63) is 0 Å². The SMILES string of the molecule is CC1COCC(C)(CN(C)C)C1. The highest BCUT2D eigenvalue weighted by Crippen LogP contribution is 2.31. The third-order valence-electron chi connectivity index (χ3n) is 2.39. The molecule has 0 amide bonds. The van der Waals surface area contributed by atoms with E-state index in [0.717, 1.165) is 25.7 Å². The van der Waals surface area contributed by atoms with Crippen molar-refractivity contribution in [3.63, 3.8) is 0 Å². The van der Waals surface area contributed by atoms with Crippen molar-refractivity contribution >= 4 is 0 Å². The Kier molecular flexibility index (Phi) is 3.13. The van der Waals surface area contributed by atoms with Crippen LogP contribution in [0.2, 0.25) is 0 Å². The average molecular weight is 171 g/mol. The quantitative estimate of drug-likeness (QED) is 0.626. The maximum atomic E-state index is 5.57. The summed E-state index contributed by atoms with van der Waals surface area (Å²) in [5, 5.41) is 0. The molecule has 1 rings (SSSR count). The lowest BCUT2D eigenvalue weighted by Gasteiger charge is -2.38. The van der Waals surface area contributed by atoms with Crippen LogP contribution in [0.5, 0.6) is 0 Å². The molecule has 0 saturated carbocycles. The standard InChI is InChI=1S/C10H21NO/c1-9-5-10(2,7-11(3)4)8-12-6-9/h9H,5-8H2,1-4H3. The molecule has 1 aliphatic rings. The number of hydrogen-bond donors (Lipinski definition) is 0. The highest BCUT2D eigenvalue weighted by Gasteiger charge is 2.31. The Bertz CT molecular complexity index is 143. The lowest BCUT2D eigenvalue weighted by molar-refractivity contribution is -0.0380. The minimum atomic E-state index is 0.376. The van der Waals surface area contributed by atoms with Gasteiger partial charge < -0.3 is 9.64 Å². The Hall–Kier alpha value is -0.0800. The van der Waals surface area contributed by atoms with E-state index in [2.05, 4.69) is 32.8 Å². The van der Waals surface area contributed by atoms with E-state index in [0.29, 0.717) is 5.41 Å². The summed E-state index contributed by atoms with van der Waals surface area (Å²) in [6, 6.07) is 0. The molecule has 12 heavy (non-hydrogen) atoms. The largest absolute Gasteiger partial charge is 0.381 e. The molecule has 0 radical (unpaired) electrons. The number of hydrogen-bond acceptors (Lipinski definition) is 2. The molecule has 72 valence electrons. The lowest BCUT2D eigenvalue weighted by atomic mass is 9.80. The van der Waals surface area contributed by atoms with E-state index in [1.165, 1.54) is 6.42 Å². The third kappa shape index (κ3) is 2.76. The molecule has 0 N–H and O–H groups in total. The Morgan fingerprint density at radius 2 is 2.17 bits per heavy atom. The summed E-state index contributed by atoms with van der Waals surface area (Å²) >= 11 is 0. The first-order chi connectivity index (χ1) is 5.52. The van der Waals surface area contributed by atoms with Gasteiger partial charge in [-0.2, -0.15) is 0 Å². The van der Waals surface area contributed by atoms with Crippen LogP contribution in [0.15, 0.2) is 0 Å². The van der Waals surface area contributed by atoms with Crippen molar-refractivity contribution in [2.24, 2.45) is 11.3 Å². The van der Waals surface area contributed by atoms with E-state index in [-0.39, 0.29) is 0 Å². The zero-order valence-electron chi connectivity index (χ0n) is 8.76. The zero-order valence-corrected chi connectivity index (χ0v) is 8.76. The van der Waals surface area contributed by atoms with E-state index < -0.39 is 0 Å². The minimum absolute atomic E-state index is 0.376. The molecule has 2 unspecified atom stereocenters. The van der Waals surface area contributed by atoms with Crippen LogP contribution in [0.4, 0.5) is 0 Å². The monoisotopic (exact) mass is 171 g/mol. The Morgan fingerprint density at radius 1 is 1.50 bits per heavy atom. The Balaban J connectivity index is 2.45. The van der Waals surface area contributed by atoms with Gasteiger partial charge in [-0.3, -0.25) is 0 Å². The molecular formula is C10H21NO. The van der Waals surface area contributed by atoms with Crippen molar-refractivity contribution in [1.82, 2.24) is 4.90 Å². The molecule has 0 bridgehead atoms. The summed E-state index contributed by atoms with van der Waals surface area (Å²) in [7, 11) is 4.26. The molecule has 2 atom stereocenters. The highest BCUT2D eigenvalue weighted by molar-refractivity contribution is 4.81. The van der Waals surface area contributed by atoms with Crippen LogP contribution in [0.25, 0.3) is 0 Å². The second-order valence-electron chi connectivity index (χ2n) is 4.87. The van der Waals surface area contributed by atoms with Crippen molar-refractivity contribution < 1.29 is 4.74 Å². The Morgan fingerprint density at radius 3 is 2.67 bits per heavy atom. The van der Waals surface area contributed by atoms with E-state index in [4.69, 9.17) is 4.74 Å². The first-order valence-electron chi connectivity index (χ1n) is 4.74. The molecule has 1 fully saturated rings. The van der Waals surface area contributed by atoms with Gasteiger partial charge >= 0.3 is 0 Å². The van der Waals surface area contributed by atoms with Gasteiger partial charge in [0.1, 0.15) is 0 Å². The van der Waals surface area contributed by atoms with Crippen LogP contribution < -0.4 is 0 Å². The number of rotatable bonds is 2. The molecule has 2 heteroatoms. The molecular weight excluding hydrogens is 150 g/mol. The summed E-state index contributed by atoms with van der Waals surface area (Å²) in [5.41, 5.74) is 0.376. The van der Waals surface area contributed by atoms with Gasteiger partial charge in [0.15, 0.2) is 0 Å². The summed E-state index contributed by atoms with van der Waals surface area (Å²) in [6.07, 6.45) is 1.30. The van der Waals surface area contributed by atoms with Crippen LogP contribution in [0, 0.1) is 11.3 Å². The molecule has 1 aliphatic heterocycles. The van der Waals surface area contributed by atoms with Crippen molar-refractivity contribution in [2.45, 2.75) is 20.3 Å². The molecule has 0 aromatic carbocycles. The summed E-state index contributed by atoms with van der Waals surface area (Å²) in [6.45, 7) is 7.60. The van der Waals surface area contributed by atoms with E-state index >= 15 is 0 Å². The van der Waals surface area contributed by atoms with Crippen LogP contribution in [0.1, 0.15) is 20.3 Å². The average Bonchev–Trinajstić information content (AvgIpc) is 1.82. The molecule has 1 saturated heterocycles. The maximum absolute atomic E-state index is 5.57. The van der Waals surface area contributed by atoms with E-state index in [1.54, 1.807) is 0 Å². The highest BCUT2D eigenvalue weighted by atomic mass is 16.5. The van der Waals surface area contributed by atoms with Gasteiger partial charge in [0, 0.05) is 18.6 Å². The predicted molar refractivity (Wildman–Crippen MR) is 51.3 cm³/mol. The second-order valence-corrected chi connectivity index (χ2v) is 4.87. The lowest BCUT2D eigenvalue weighted by Crippen LogP contribution is -2.40. The van der Waals surface area contributed by atoms with Crippen LogP contribution >= 0.6 is 0 Å². The van der Waals surface area contributed by atoms with Gasteiger partial charge in [-0.05, 0) is 26.4 Å². The fourth-order valence-electron chi connectivity index (χ4n) is 2.34. The molecule has 0 aromatic rings. The molecule has 0 spiro atoms. The fourth-order valence-corrected chi connectivity index (χ4v) is 2.34. The summed E-state index contributed by atoms with van der Waals surface area (Å²) < 4.78 is 5.57. The normalized spacial score (nSPS) is 37.2. The molecule has 0 aromatic heterocycles. The first kappa shape index (κ1) is 10.0. The Labute approximate surface area is 75.9 Å². The van der Waals surface area contributed by atoms with Crippen molar-refractivity contribution in [3.8, 4) is 0 Å². The first-order valence-corrected chi connectivity index (χ1v) is 4.74. The van der Waals surface area contributed by atoms with E-state index in [9.17, 15) is 0 Å². The van der Waals surface area contributed by atoms with Crippen molar-refractivity contribution in [2.75, 3.05) is 33.9 Å². The second kappa shape index (κ2) is 3.75. The maximum Gasteiger partial charge on any atom is 0.0532 e. The van der Waals surface area contributed by atoms with Gasteiger partial charge in [-0.15, -0.1) is 0 Å².